The van der Waals surface area contributed by atoms with Crippen LogP contribution < -0.4 is 0 Å². The van der Waals surface area contributed by atoms with E-state index in [1.165, 1.54) is 23.2 Å². The summed E-state index contributed by atoms with van der Waals surface area (Å²) in [6, 6.07) is 3.04. The van der Waals surface area contributed by atoms with Gasteiger partial charge in [-0.25, -0.2) is 17.2 Å². The first-order valence-electron chi connectivity index (χ1n) is 11.8. The van der Waals surface area contributed by atoms with Crippen LogP contribution in [0.25, 0.3) is 0 Å². The van der Waals surface area contributed by atoms with Crippen molar-refractivity contribution in [2.45, 2.75) is 63.4 Å². The normalized spacial score (nSPS) is 23.4. The summed E-state index contributed by atoms with van der Waals surface area (Å²) in [6.07, 6.45) is 7.86. The number of aliphatic hydroxyl groups is 1. The van der Waals surface area contributed by atoms with Gasteiger partial charge in [-0.05, 0) is 59.1 Å². The molecule has 1 fully saturated rings. The summed E-state index contributed by atoms with van der Waals surface area (Å²) in [5, 5.41) is 11.6. The molecule has 1 aliphatic carbocycles. The van der Waals surface area contributed by atoms with E-state index in [4.69, 9.17) is 8.92 Å². The van der Waals surface area contributed by atoms with Gasteiger partial charge in [-0.2, -0.15) is 8.42 Å². The highest BCUT2D eigenvalue weighted by Gasteiger charge is 2.47. The fraction of sp³-hybridized carbons (Fsp3) is 0.625. The molecule has 2 heterocycles. The van der Waals surface area contributed by atoms with E-state index in [9.17, 15) is 26.7 Å². The summed E-state index contributed by atoms with van der Waals surface area (Å²) in [7, 11) is -7.81. The number of allylic oxidation sites excluding steroid dienone is 3. The molecule has 0 aromatic carbocycles. The number of hydrogen-bond acceptors (Lipinski definition) is 8. The second-order valence-corrected chi connectivity index (χ2v) is 14.7. The third-order valence-electron chi connectivity index (χ3n) is 6.64. The quantitative estimate of drug-likeness (QED) is 0.518. The zero-order chi connectivity index (χ0) is 27.0. The van der Waals surface area contributed by atoms with Gasteiger partial charge in [-0.1, -0.05) is 24.3 Å². The fourth-order valence-electron chi connectivity index (χ4n) is 4.43. The van der Waals surface area contributed by atoms with Crippen LogP contribution in [0.2, 0.25) is 0 Å². The van der Waals surface area contributed by atoms with Crippen LogP contribution in [0, 0.1) is 5.41 Å². The SMILES string of the molecule is CC(C)(C)OC(=O)N1CCC(COS(C)(=O)=O)(C(O)c2cccn2S(=O)(=O)C2(C)C=CC=CC2)CC1. The van der Waals surface area contributed by atoms with Crippen LogP contribution >= 0.6 is 0 Å². The monoisotopic (exact) mass is 544 g/mol. The van der Waals surface area contributed by atoms with Gasteiger partial charge in [0, 0.05) is 24.7 Å². The Kier molecular flexibility index (Phi) is 7.86. The van der Waals surface area contributed by atoms with Crippen molar-refractivity contribution >= 4 is 26.2 Å². The van der Waals surface area contributed by atoms with Gasteiger partial charge >= 0.3 is 6.09 Å². The molecule has 1 aliphatic heterocycles. The molecule has 10 nitrogen and oxygen atoms in total. The average molecular weight is 545 g/mol. The highest BCUT2D eigenvalue weighted by Crippen LogP contribution is 2.45. The van der Waals surface area contributed by atoms with Gasteiger partial charge in [0.1, 0.15) is 16.5 Å². The van der Waals surface area contributed by atoms with E-state index < -0.39 is 48.1 Å². The van der Waals surface area contributed by atoms with Crippen molar-refractivity contribution in [3.05, 3.63) is 48.3 Å². The number of nitrogens with zero attached hydrogens (tertiary/aromatic N) is 2. The summed E-state index contributed by atoms with van der Waals surface area (Å²) in [4.78, 5) is 14.0. The molecule has 3 rings (SSSR count). The molecule has 12 heteroatoms. The van der Waals surface area contributed by atoms with E-state index in [0.29, 0.717) is 0 Å². The Hall–Kier alpha value is -2.15. The number of likely N-dealkylation sites (tertiary alicyclic amines) is 1. The van der Waals surface area contributed by atoms with Gasteiger partial charge in [0.05, 0.1) is 18.6 Å². The smallest absolute Gasteiger partial charge is 0.410 e. The molecular formula is C24H36N2O8S2. The van der Waals surface area contributed by atoms with Crippen LogP contribution in [-0.4, -0.2) is 73.2 Å². The van der Waals surface area contributed by atoms with Crippen molar-refractivity contribution in [3.63, 3.8) is 0 Å². The lowest BCUT2D eigenvalue weighted by atomic mass is 9.73. The summed E-state index contributed by atoms with van der Waals surface area (Å²) >= 11 is 0. The van der Waals surface area contributed by atoms with Gasteiger partial charge in [-0.3, -0.25) is 4.18 Å². The van der Waals surface area contributed by atoms with E-state index in [1.54, 1.807) is 52.0 Å². The van der Waals surface area contributed by atoms with Crippen molar-refractivity contribution in [1.82, 2.24) is 8.87 Å². The molecule has 1 aromatic heterocycles. The summed E-state index contributed by atoms with van der Waals surface area (Å²) in [6.45, 7) is 6.88. The number of rotatable bonds is 7. The van der Waals surface area contributed by atoms with Crippen molar-refractivity contribution in [1.29, 1.82) is 0 Å². The summed E-state index contributed by atoms with van der Waals surface area (Å²) in [5.41, 5.74) is -1.73. The molecule has 2 aliphatic rings. The standard InChI is InChI=1S/C24H36N2O8S2/c1-22(2,3)34-21(28)25-16-13-24(14-17-25,18-33-35(5,29)30)20(27)19-10-9-15-26(19)36(31,32)23(4)11-7-6-8-12-23/h6-11,15,20,27H,12-14,16-18H2,1-5H3. The van der Waals surface area contributed by atoms with E-state index >= 15 is 0 Å². The number of carbonyl (C=O) groups is 1. The van der Waals surface area contributed by atoms with Gasteiger partial charge in [0.25, 0.3) is 10.1 Å². The molecule has 2 atom stereocenters. The van der Waals surface area contributed by atoms with Crippen LogP contribution in [0.1, 0.15) is 58.8 Å². The average Bonchev–Trinajstić information content (AvgIpc) is 3.27. The zero-order valence-electron chi connectivity index (χ0n) is 21.4. The lowest BCUT2D eigenvalue weighted by Crippen LogP contribution is -2.49. The van der Waals surface area contributed by atoms with Crippen molar-refractivity contribution in [2.75, 3.05) is 26.0 Å². The molecule has 0 saturated carbocycles. The van der Waals surface area contributed by atoms with Crippen molar-refractivity contribution in [3.8, 4) is 0 Å². The molecule has 2 unspecified atom stereocenters. The predicted molar refractivity (Wildman–Crippen MR) is 135 cm³/mol. The minimum absolute atomic E-state index is 0.113. The maximum absolute atomic E-state index is 13.6. The number of amides is 1. The molecular weight excluding hydrogens is 508 g/mol. The van der Waals surface area contributed by atoms with Gasteiger partial charge < -0.3 is 14.7 Å². The molecule has 1 aromatic rings. The Balaban J connectivity index is 1.93. The Bertz CT molecular complexity index is 1230. The Labute approximate surface area is 213 Å². The molecule has 0 radical (unpaired) electrons. The molecule has 202 valence electrons. The van der Waals surface area contributed by atoms with E-state index in [1.807, 2.05) is 0 Å². The highest BCUT2D eigenvalue weighted by atomic mass is 32.2. The maximum Gasteiger partial charge on any atom is 0.410 e. The van der Waals surface area contributed by atoms with Gasteiger partial charge in [-0.15, -0.1) is 0 Å². The molecule has 1 saturated heterocycles. The number of carbonyl (C=O) groups excluding carboxylic acids is 1. The summed E-state index contributed by atoms with van der Waals surface area (Å²) < 4.78 is 61.4. The Morgan fingerprint density at radius 3 is 2.33 bits per heavy atom. The summed E-state index contributed by atoms with van der Waals surface area (Å²) in [5.74, 6) is 0. The first-order valence-corrected chi connectivity index (χ1v) is 15.0. The van der Waals surface area contributed by atoms with Gasteiger partial charge in [0.15, 0.2) is 0 Å². The van der Waals surface area contributed by atoms with Crippen molar-refractivity contribution in [2.24, 2.45) is 5.41 Å². The van der Waals surface area contributed by atoms with E-state index in [-0.39, 0.29) is 44.7 Å². The third-order valence-corrected chi connectivity index (χ3v) is 9.52. The largest absolute Gasteiger partial charge is 0.444 e. The number of piperidine rings is 1. The second kappa shape index (κ2) is 9.96. The lowest BCUT2D eigenvalue weighted by Gasteiger charge is -2.44. The fourth-order valence-corrected chi connectivity index (χ4v) is 6.55. The first kappa shape index (κ1) is 28.4. The molecule has 36 heavy (non-hydrogen) atoms. The van der Waals surface area contributed by atoms with Crippen LogP contribution in [0.5, 0.6) is 0 Å². The highest BCUT2D eigenvalue weighted by molar-refractivity contribution is 7.91. The Morgan fingerprint density at radius 1 is 1.17 bits per heavy atom. The maximum atomic E-state index is 13.6. The first-order chi connectivity index (χ1) is 16.5. The number of aliphatic hydroxyl groups excluding tert-OH is 1. The Morgan fingerprint density at radius 2 is 1.81 bits per heavy atom. The third kappa shape index (κ3) is 6.04. The van der Waals surface area contributed by atoms with Crippen LogP contribution in [-0.2, 0) is 29.1 Å². The van der Waals surface area contributed by atoms with Gasteiger partial charge in [0.2, 0.25) is 10.0 Å². The number of ether oxygens (including phenoxy) is 1. The topological polar surface area (TPSA) is 132 Å². The lowest BCUT2D eigenvalue weighted by molar-refractivity contribution is -0.0584. The minimum atomic E-state index is -3.97. The van der Waals surface area contributed by atoms with Crippen LogP contribution in [0.15, 0.2) is 42.6 Å². The minimum Gasteiger partial charge on any atom is -0.444 e. The molecule has 1 amide bonds. The predicted octanol–water partition coefficient (Wildman–Crippen LogP) is 2.97. The van der Waals surface area contributed by atoms with E-state index in [2.05, 4.69) is 0 Å². The second-order valence-electron chi connectivity index (χ2n) is 10.7. The zero-order valence-corrected chi connectivity index (χ0v) is 23.0. The molecule has 0 bridgehead atoms. The van der Waals surface area contributed by atoms with Crippen molar-refractivity contribution < 1.29 is 35.7 Å². The van der Waals surface area contributed by atoms with E-state index in [0.717, 1.165) is 10.2 Å². The molecule has 0 spiro atoms. The van der Waals surface area contributed by atoms with Crippen LogP contribution in [0.4, 0.5) is 4.79 Å². The number of aromatic nitrogens is 1. The molecule has 1 N–H and O–H groups in total. The number of hydrogen-bond donors (Lipinski definition) is 1. The van der Waals surface area contributed by atoms with Crippen LogP contribution in [0.3, 0.4) is 0 Å².